The number of nitrogens with one attached hydrogen (secondary N) is 1. The minimum absolute atomic E-state index is 0.166. The summed E-state index contributed by atoms with van der Waals surface area (Å²) in [5.41, 5.74) is 1.64. The number of anilines is 1. The van der Waals surface area contributed by atoms with Gasteiger partial charge in [0.25, 0.3) is 0 Å². The third-order valence-corrected chi connectivity index (χ3v) is 3.18. The summed E-state index contributed by atoms with van der Waals surface area (Å²) in [6, 6.07) is 5.39. The third kappa shape index (κ3) is 2.73. The van der Waals surface area contributed by atoms with Gasteiger partial charge in [-0.15, -0.1) is 0 Å². The van der Waals surface area contributed by atoms with E-state index in [2.05, 4.69) is 5.32 Å². The van der Waals surface area contributed by atoms with E-state index >= 15 is 0 Å². The Bertz CT molecular complexity index is 359. The number of hydrogen-bond donors (Lipinski definition) is 2. The van der Waals surface area contributed by atoms with E-state index in [9.17, 15) is 9.50 Å². The van der Waals surface area contributed by atoms with Gasteiger partial charge in [-0.2, -0.15) is 0 Å². The summed E-state index contributed by atoms with van der Waals surface area (Å²) in [4.78, 5) is 0. The van der Waals surface area contributed by atoms with Crippen LogP contribution in [-0.2, 0) is 0 Å². The molecule has 0 aromatic heterocycles. The number of hydrogen-bond acceptors (Lipinski definition) is 2. The zero-order valence-corrected chi connectivity index (χ0v) is 9.54. The van der Waals surface area contributed by atoms with E-state index in [-0.39, 0.29) is 11.9 Å². The van der Waals surface area contributed by atoms with Crippen LogP contribution in [0.4, 0.5) is 10.1 Å². The summed E-state index contributed by atoms with van der Waals surface area (Å²) in [7, 11) is 0. The van der Waals surface area contributed by atoms with Gasteiger partial charge in [-0.1, -0.05) is 6.07 Å². The summed E-state index contributed by atoms with van der Waals surface area (Å²) >= 11 is 0. The minimum Gasteiger partial charge on any atom is -0.393 e. The van der Waals surface area contributed by atoms with Crippen molar-refractivity contribution in [2.45, 2.75) is 44.8 Å². The first-order valence-electron chi connectivity index (χ1n) is 5.86. The van der Waals surface area contributed by atoms with Crippen LogP contribution >= 0.6 is 0 Å². The van der Waals surface area contributed by atoms with E-state index in [0.717, 1.165) is 31.2 Å². The standard InChI is InChI=1S/C13H18FNO/c1-9-2-7-12(14)13(8-9)15-10-3-5-11(16)6-4-10/h2,7-8,10-11,15-16H,3-6H2,1H3. The highest BCUT2D eigenvalue weighted by atomic mass is 19.1. The lowest BCUT2D eigenvalue weighted by Crippen LogP contribution is -2.28. The van der Waals surface area contributed by atoms with Crippen LogP contribution in [0, 0.1) is 12.7 Å². The topological polar surface area (TPSA) is 32.3 Å². The largest absolute Gasteiger partial charge is 0.393 e. The predicted octanol–water partition coefficient (Wildman–Crippen LogP) is 2.85. The van der Waals surface area contributed by atoms with E-state index in [4.69, 9.17) is 0 Å². The Kier molecular flexibility index (Phi) is 3.44. The maximum absolute atomic E-state index is 13.5. The highest BCUT2D eigenvalue weighted by Crippen LogP contribution is 2.24. The second-order valence-electron chi connectivity index (χ2n) is 4.63. The molecule has 1 fully saturated rings. The lowest BCUT2D eigenvalue weighted by atomic mass is 9.93. The molecule has 1 aliphatic carbocycles. The molecule has 0 saturated heterocycles. The van der Waals surface area contributed by atoms with Crippen LogP contribution in [0.2, 0.25) is 0 Å². The van der Waals surface area contributed by atoms with Gasteiger partial charge in [-0.25, -0.2) is 4.39 Å². The molecule has 0 heterocycles. The Labute approximate surface area is 95.5 Å². The van der Waals surface area contributed by atoms with Gasteiger partial charge in [0.15, 0.2) is 0 Å². The van der Waals surface area contributed by atoms with Crippen molar-refractivity contribution in [2.24, 2.45) is 0 Å². The van der Waals surface area contributed by atoms with Crippen molar-refractivity contribution in [3.63, 3.8) is 0 Å². The summed E-state index contributed by atoms with van der Waals surface area (Å²) in [5.74, 6) is -0.197. The maximum atomic E-state index is 13.5. The van der Waals surface area contributed by atoms with Gasteiger partial charge >= 0.3 is 0 Å². The van der Waals surface area contributed by atoms with E-state index in [1.54, 1.807) is 6.07 Å². The van der Waals surface area contributed by atoms with Crippen LogP contribution in [0.3, 0.4) is 0 Å². The van der Waals surface area contributed by atoms with Gasteiger partial charge in [0.1, 0.15) is 5.82 Å². The quantitative estimate of drug-likeness (QED) is 0.808. The number of rotatable bonds is 2. The Hall–Kier alpha value is -1.09. The molecule has 2 rings (SSSR count). The highest BCUT2D eigenvalue weighted by Gasteiger charge is 2.19. The number of aliphatic hydroxyl groups is 1. The Morgan fingerprint density at radius 3 is 2.62 bits per heavy atom. The van der Waals surface area contributed by atoms with E-state index in [1.807, 2.05) is 13.0 Å². The molecule has 88 valence electrons. The zero-order valence-electron chi connectivity index (χ0n) is 9.54. The molecule has 2 N–H and O–H groups in total. The Morgan fingerprint density at radius 2 is 1.94 bits per heavy atom. The Balaban J connectivity index is 2.00. The number of halogens is 1. The van der Waals surface area contributed by atoms with Crippen LogP contribution in [0.1, 0.15) is 31.2 Å². The molecule has 1 saturated carbocycles. The van der Waals surface area contributed by atoms with Crippen molar-refractivity contribution < 1.29 is 9.50 Å². The van der Waals surface area contributed by atoms with Gasteiger partial charge in [-0.3, -0.25) is 0 Å². The molecule has 0 radical (unpaired) electrons. The molecule has 1 aromatic rings. The van der Waals surface area contributed by atoms with Gasteiger partial charge in [0, 0.05) is 6.04 Å². The molecule has 1 aromatic carbocycles. The van der Waals surface area contributed by atoms with Crippen LogP contribution in [0.15, 0.2) is 18.2 Å². The minimum atomic E-state index is -0.197. The molecular weight excluding hydrogens is 205 g/mol. The van der Waals surface area contributed by atoms with Gasteiger partial charge < -0.3 is 10.4 Å². The molecule has 0 bridgehead atoms. The molecule has 0 atom stereocenters. The molecule has 0 spiro atoms. The molecule has 2 nitrogen and oxygen atoms in total. The summed E-state index contributed by atoms with van der Waals surface area (Å²) in [6.07, 6.45) is 3.28. The second-order valence-corrected chi connectivity index (χ2v) is 4.63. The normalized spacial score (nSPS) is 25.4. The van der Waals surface area contributed by atoms with Gasteiger partial charge in [0.05, 0.1) is 11.8 Å². The smallest absolute Gasteiger partial charge is 0.146 e. The van der Waals surface area contributed by atoms with Crippen molar-refractivity contribution >= 4 is 5.69 Å². The number of benzene rings is 1. The lowest BCUT2D eigenvalue weighted by Gasteiger charge is -2.27. The van der Waals surface area contributed by atoms with E-state index in [0.29, 0.717) is 11.7 Å². The summed E-state index contributed by atoms with van der Waals surface area (Å²) in [6.45, 7) is 1.95. The molecule has 0 aliphatic heterocycles. The Morgan fingerprint density at radius 1 is 1.25 bits per heavy atom. The number of aryl methyl sites for hydroxylation is 1. The molecule has 16 heavy (non-hydrogen) atoms. The SMILES string of the molecule is Cc1ccc(F)c(NC2CCC(O)CC2)c1. The first kappa shape index (κ1) is 11.4. The van der Waals surface area contributed by atoms with Crippen molar-refractivity contribution in [1.82, 2.24) is 0 Å². The monoisotopic (exact) mass is 223 g/mol. The van der Waals surface area contributed by atoms with Crippen molar-refractivity contribution in [1.29, 1.82) is 0 Å². The fourth-order valence-corrected chi connectivity index (χ4v) is 2.19. The third-order valence-electron chi connectivity index (χ3n) is 3.18. The van der Waals surface area contributed by atoms with Crippen molar-refractivity contribution in [3.8, 4) is 0 Å². The maximum Gasteiger partial charge on any atom is 0.146 e. The van der Waals surface area contributed by atoms with E-state index < -0.39 is 0 Å². The number of aliphatic hydroxyl groups excluding tert-OH is 1. The molecule has 3 heteroatoms. The average Bonchev–Trinajstić information content (AvgIpc) is 2.27. The van der Waals surface area contributed by atoms with Crippen LogP contribution < -0.4 is 5.32 Å². The molecule has 0 unspecified atom stereocenters. The first-order chi connectivity index (χ1) is 7.65. The fraction of sp³-hybridized carbons (Fsp3) is 0.538. The molecule has 0 amide bonds. The fourth-order valence-electron chi connectivity index (χ4n) is 2.19. The first-order valence-corrected chi connectivity index (χ1v) is 5.86. The average molecular weight is 223 g/mol. The predicted molar refractivity (Wildman–Crippen MR) is 63.0 cm³/mol. The van der Waals surface area contributed by atoms with Crippen molar-refractivity contribution in [2.75, 3.05) is 5.32 Å². The zero-order chi connectivity index (χ0) is 11.5. The van der Waals surface area contributed by atoms with Crippen LogP contribution in [-0.4, -0.2) is 17.3 Å². The van der Waals surface area contributed by atoms with Gasteiger partial charge in [0.2, 0.25) is 0 Å². The van der Waals surface area contributed by atoms with E-state index in [1.165, 1.54) is 6.07 Å². The highest BCUT2D eigenvalue weighted by molar-refractivity contribution is 5.47. The summed E-state index contributed by atoms with van der Waals surface area (Å²) < 4.78 is 13.5. The van der Waals surface area contributed by atoms with Crippen molar-refractivity contribution in [3.05, 3.63) is 29.6 Å². The van der Waals surface area contributed by atoms with Crippen LogP contribution in [0.25, 0.3) is 0 Å². The van der Waals surface area contributed by atoms with Crippen LogP contribution in [0.5, 0.6) is 0 Å². The lowest BCUT2D eigenvalue weighted by molar-refractivity contribution is 0.126. The second kappa shape index (κ2) is 4.83. The van der Waals surface area contributed by atoms with Gasteiger partial charge in [-0.05, 0) is 50.3 Å². The molecule has 1 aliphatic rings. The summed E-state index contributed by atoms with van der Waals surface area (Å²) in [5, 5.41) is 12.6. The molecular formula is C13H18FNO.